The Morgan fingerprint density at radius 1 is 1.11 bits per heavy atom. The molecule has 0 radical (unpaired) electrons. The second kappa shape index (κ2) is 11.5. The molecule has 0 saturated carbocycles. The van der Waals surface area contributed by atoms with E-state index in [0.717, 1.165) is 23.5 Å². The van der Waals surface area contributed by atoms with Gasteiger partial charge >= 0.3 is 6.18 Å². The topological polar surface area (TPSA) is 79.4 Å². The van der Waals surface area contributed by atoms with E-state index in [4.69, 9.17) is 4.52 Å². The molecule has 1 heterocycles. The van der Waals surface area contributed by atoms with Gasteiger partial charge < -0.3 is 20.1 Å². The lowest BCUT2D eigenvalue weighted by Crippen LogP contribution is -2.23. The molecular weight excluding hydrogens is 478 g/mol. The van der Waals surface area contributed by atoms with E-state index >= 15 is 0 Å². The number of nitrogens with zero attached hydrogens (tertiary/aromatic N) is 3. The number of carbonyl (C=O) groups excluding carboxylic acids is 1. The van der Waals surface area contributed by atoms with Crippen molar-refractivity contribution in [1.82, 2.24) is 14.9 Å². The van der Waals surface area contributed by atoms with Crippen LogP contribution in [0.5, 0.6) is 0 Å². The maximum atomic E-state index is 13.7. The number of nitrogens with one attached hydrogen (secondary N) is 2. The van der Waals surface area contributed by atoms with Crippen molar-refractivity contribution in [3.05, 3.63) is 70.9 Å². The molecule has 3 rings (SSSR count). The molecule has 1 atom stereocenters. The van der Waals surface area contributed by atoms with Crippen LogP contribution in [0.3, 0.4) is 0 Å². The van der Waals surface area contributed by atoms with Gasteiger partial charge in [-0.25, -0.2) is 4.98 Å². The minimum absolute atomic E-state index is 0.0166. The number of amides is 1. The average molecular weight is 505 g/mol. The van der Waals surface area contributed by atoms with Gasteiger partial charge in [0.1, 0.15) is 11.4 Å². The molecule has 0 fully saturated rings. The summed E-state index contributed by atoms with van der Waals surface area (Å²) in [5.41, 5.74) is 1.91. The van der Waals surface area contributed by atoms with Crippen LogP contribution in [0.1, 0.15) is 34.0 Å². The Morgan fingerprint density at radius 2 is 1.83 bits per heavy atom. The van der Waals surface area contributed by atoms with Gasteiger partial charge in [-0.3, -0.25) is 4.79 Å². The highest BCUT2D eigenvalue weighted by atomic mass is 31.1. The molecule has 35 heavy (non-hydrogen) atoms. The van der Waals surface area contributed by atoms with Crippen LogP contribution >= 0.6 is 8.81 Å². The molecule has 0 aliphatic rings. The molecule has 11 heteroatoms. The third-order valence-corrected chi connectivity index (χ3v) is 5.94. The Bertz CT molecular complexity index is 1170. The second-order valence-corrected chi connectivity index (χ2v) is 8.83. The number of aromatic nitrogens is 2. The number of anilines is 4. The summed E-state index contributed by atoms with van der Waals surface area (Å²) in [6.07, 6.45) is -3.19. The average Bonchev–Trinajstić information content (AvgIpc) is 2.80. The zero-order chi connectivity index (χ0) is 25.6. The van der Waals surface area contributed by atoms with Crippen LogP contribution in [0.2, 0.25) is 0 Å². The number of hydrogen-bond donors (Lipinski definition) is 2. The highest BCUT2D eigenvalue weighted by Crippen LogP contribution is 2.36. The van der Waals surface area contributed by atoms with Gasteiger partial charge in [-0.15, -0.1) is 0 Å². The first-order valence-corrected chi connectivity index (χ1v) is 11.9. The van der Waals surface area contributed by atoms with E-state index in [-0.39, 0.29) is 23.1 Å². The molecule has 2 aromatic carbocycles. The molecule has 0 saturated heterocycles. The largest absolute Gasteiger partial charge is 0.421 e. The van der Waals surface area contributed by atoms with Crippen molar-refractivity contribution in [3.63, 3.8) is 0 Å². The van der Waals surface area contributed by atoms with Gasteiger partial charge in [-0.05, 0) is 43.7 Å². The van der Waals surface area contributed by atoms with Gasteiger partial charge in [0.15, 0.2) is 0 Å². The van der Waals surface area contributed by atoms with Crippen molar-refractivity contribution < 1.29 is 22.5 Å². The smallest absolute Gasteiger partial charge is 0.362 e. The van der Waals surface area contributed by atoms with E-state index in [1.807, 2.05) is 19.1 Å². The number of benzene rings is 2. The van der Waals surface area contributed by atoms with Crippen LogP contribution in [0.15, 0.2) is 48.7 Å². The summed E-state index contributed by atoms with van der Waals surface area (Å²) in [5.74, 6) is -0.819. The number of carbonyl (C=O) groups is 1. The Hall–Kier alpha value is -3.23. The van der Waals surface area contributed by atoms with Crippen molar-refractivity contribution in [1.29, 1.82) is 0 Å². The van der Waals surface area contributed by atoms with Crippen LogP contribution in [-0.4, -0.2) is 41.5 Å². The summed E-state index contributed by atoms with van der Waals surface area (Å²) in [5, 5.41) is 5.64. The molecule has 1 aromatic heterocycles. The number of aryl methyl sites for hydroxylation is 1. The quantitative estimate of drug-likeness (QED) is 0.269. The fraction of sp³-hybridized carbons (Fsp3) is 0.292. The van der Waals surface area contributed by atoms with Crippen molar-refractivity contribution in [2.75, 3.05) is 31.3 Å². The van der Waals surface area contributed by atoms with Gasteiger partial charge in [0, 0.05) is 47.6 Å². The van der Waals surface area contributed by atoms with Crippen LogP contribution in [-0.2, 0) is 16.9 Å². The fourth-order valence-corrected chi connectivity index (χ4v) is 3.84. The Labute approximate surface area is 204 Å². The standard InChI is InChI=1S/C24H27F3N5O2P/c1-5-34-35-14-16-7-9-17(10-8-16)29-23-28-13-19(24(25,26)27)21(31-23)30-20-11-6-15(2)12-18(20)22(33)32(3)4/h6-13,35H,5,14H2,1-4H3,(H2,28,29,30,31). The van der Waals surface area contributed by atoms with Gasteiger partial charge in [0.2, 0.25) is 5.95 Å². The number of rotatable bonds is 9. The maximum absolute atomic E-state index is 13.7. The Kier molecular flexibility index (Phi) is 8.64. The lowest BCUT2D eigenvalue weighted by atomic mass is 10.1. The summed E-state index contributed by atoms with van der Waals surface area (Å²) in [6, 6.07) is 12.3. The van der Waals surface area contributed by atoms with Gasteiger partial charge in [-0.1, -0.05) is 23.8 Å². The zero-order valence-electron chi connectivity index (χ0n) is 19.8. The second-order valence-electron chi connectivity index (χ2n) is 7.90. The van der Waals surface area contributed by atoms with Crippen LogP contribution < -0.4 is 10.6 Å². The van der Waals surface area contributed by atoms with Crippen molar-refractivity contribution >= 4 is 37.9 Å². The Balaban J connectivity index is 1.90. The molecular formula is C24H27F3N5O2P. The molecule has 186 valence electrons. The minimum atomic E-state index is -4.69. The van der Waals surface area contributed by atoms with E-state index in [2.05, 4.69) is 20.6 Å². The molecule has 0 bridgehead atoms. The van der Waals surface area contributed by atoms with Gasteiger partial charge in [-0.2, -0.15) is 18.2 Å². The molecule has 0 aliphatic heterocycles. The molecule has 7 nitrogen and oxygen atoms in total. The third kappa shape index (κ3) is 7.13. The van der Waals surface area contributed by atoms with Crippen LogP contribution in [0.4, 0.5) is 36.3 Å². The minimum Gasteiger partial charge on any atom is -0.362 e. The van der Waals surface area contributed by atoms with E-state index < -0.39 is 17.6 Å². The third-order valence-electron chi connectivity index (χ3n) is 4.89. The van der Waals surface area contributed by atoms with Crippen LogP contribution in [0, 0.1) is 6.92 Å². The van der Waals surface area contributed by atoms with Crippen molar-refractivity contribution in [2.24, 2.45) is 0 Å². The first-order chi connectivity index (χ1) is 16.6. The molecule has 3 aromatic rings. The monoisotopic (exact) mass is 505 g/mol. The van der Waals surface area contributed by atoms with E-state index in [0.29, 0.717) is 21.1 Å². The summed E-state index contributed by atoms with van der Waals surface area (Å²) in [4.78, 5) is 21.9. The SMILES string of the molecule is CCOPCc1ccc(Nc2ncc(C(F)(F)F)c(Nc3ccc(C)cc3C(=O)N(C)C)n2)cc1. The normalized spacial score (nSPS) is 11.6. The molecule has 2 N–H and O–H groups in total. The highest BCUT2D eigenvalue weighted by Gasteiger charge is 2.35. The van der Waals surface area contributed by atoms with Crippen molar-refractivity contribution in [2.45, 2.75) is 26.2 Å². The Morgan fingerprint density at radius 3 is 2.46 bits per heavy atom. The number of halogens is 3. The van der Waals surface area contributed by atoms with E-state index in [1.165, 1.54) is 4.90 Å². The number of hydrogen-bond acceptors (Lipinski definition) is 6. The highest BCUT2D eigenvalue weighted by molar-refractivity contribution is 7.31. The van der Waals surface area contributed by atoms with Crippen LogP contribution in [0.25, 0.3) is 0 Å². The van der Waals surface area contributed by atoms with Gasteiger partial charge in [0.05, 0.1) is 11.3 Å². The summed E-state index contributed by atoms with van der Waals surface area (Å²) in [7, 11) is 3.51. The lowest BCUT2D eigenvalue weighted by molar-refractivity contribution is -0.137. The number of alkyl halides is 3. The summed E-state index contributed by atoms with van der Waals surface area (Å²) in [6.45, 7) is 4.40. The summed E-state index contributed by atoms with van der Waals surface area (Å²) < 4.78 is 46.5. The summed E-state index contributed by atoms with van der Waals surface area (Å²) >= 11 is 0. The zero-order valence-corrected chi connectivity index (χ0v) is 20.8. The molecule has 0 aliphatic carbocycles. The first-order valence-electron chi connectivity index (χ1n) is 10.8. The predicted octanol–water partition coefficient (Wildman–Crippen LogP) is 6.12. The fourth-order valence-electron chi connectivity index (χ4n) is 3.13. The predicted molar refractivity (Wildman–Crippen MR) is 133 cm³/mol. The lowest BCUT2D eigenvalue weighted by Gasteiger charge is -2.18. The van der Waals surface area contributed by atoms with Crippen molar-refractivity contribution in [3.8, 4) is 0 Å². The molecule has 0 spiro atoms. The van der Waals surface area contributed by atoms with Gasteiger partial charge in [0.25, 0.3) is 5.91 Å². The first kappa shape index (κ1) is 26.4. The van der Waals surface area contributed by atoms with E-state index in [9.17, 15) is 18.0 Å². The molecule has 1 amide bonds. The van der Waals surface area contributed by atoms with E-state index in [1.54, 1.807) is 51.4 Å². The molecule has 1 unspecified atom stereocenters. The maximum Gasteiger partial charge on any atom is 0.421 e.